The summed E-state index contributed by atoms with van der Waals surface area (Å²) in [6.45, 7) is 6.51. The number of fused-ring (bicyclic) bond motifs is 1. The van der Waals surface area contributed by atoms with Crippen LogP contribution in [0.2, 0.25) is 0 Å². The van der Waals surface area contributed by atoms with Crippen LogP contribution < -0.4 is 10.6 Å². The van der Waals surface area contributed by atoms with Gasteiger partial charge in [-0.1, -0.05) is 13.3 Å². The van der Waals surface area contributed by atoms with Gasteiger partial charge in [-0.3, -0.25) is 0 Å². The first kappa shape index (κ1) is 18.7. The highest BCUT2D eigenvalue weighted by molar-refractivity contribution is 5.81. The first-order valence-electron chi connectivity index (χ1n) is 10.7. The maximum atomic E-state index is 9.91. The second-order valence-electron chi connectivity index (χ2n) is 8.41. The van der Waals surface area contributed by atoms with Crippen LogP contribution in [0, 0.1) is 0 Å². The number of aromatic nitrogens is 3. The monoisotopic (exact) mass is 371 g/mol. The number of aliphatic hydroxyl groups is 1. The number of hydrogen-bond donors (Lipinski definition) is 3. The van der Waals surface area contributed by atoms with Crippen molar-refractivity contribution in [2.75, 3.05) is 18.4 Å². The fourth-order valence-corrected chi connectivity index (χ4v) is 4.71. The quantitative estimate of drug-likeness (QED) is 0.724. The van der Waals surface area contributed by atoms with Gasteiger partial charge in [0.2, 0.25) is 5.95 Å². The Labute approximate surface area is 161 Å². The third kappa shape index (κ3) is 3.97. The highest BCUT2D eigenvalue weighted by Crippen LogP contribution is 2.36. The second-order valence-corrected chi connectivity index (χ2v) is 8.41. The van der Waals surface area contributed by atoms with Crippen molar-refractivity contribution in [1.29, 1.82) is 0 Å². The van der Waals surface area contributed by atoms with Crippen LogP contribution in [-0.2, 0) is 0 Å². The van der Waals surface area contributed by atoms with Gasteiger partial charge in [0.1, 0.15) is 5.65 Å². The number of anilines is 1. The summed E-state index contributed by atoms with van der Waals surface area (Å²) >= 11 is 0. The predicted molar refractivity (Wildman–Crippen MR) is 109 cm³/mol. The standard InChI is InChI=1S/C21H33N5O/c1-3-4-14(2)24-21-23-12-18-19(15-9-10-22-11-15)13-26(20(18)25-21)16-5-7-17(27)8-6-16/h12-17,22,27H,3-11H2,1-2H3,(H,23,24,25). The molecule has 1 saturated heterocycles. The molecule has 27 heavy (non-hydrogen) atoms. The van der Waals surface area contributed by atoms with Crippen LogP contribution in [-0.4, -0.2) is 44.9 Å². The molecule has 6 heteroatoms. The summed E-state index contributed by atoms with van der Waals surface area (Å²) in [4.78, 5) is 9.58. The summed E-state index contributed by atoms with van der Waals surface area (Å²) < 4.78 is 2.38. The molecule has 0 radical (unpaired) electrons. The molecule has 2 fully saturated rings. The van der Waals surface area contributed by atoms with Crippen molar-refractivity contribution >= 4 is 17.0 Å². The Bertz CT molecular complexity index is 759. The van der Waals surface area contributed by atoms with Crippen molar-refractivity contribution in [1.82, 2.24) is 19.9 Å². The molecule has 4 rings (SSSR count). The summed E-state index contributed by atoms with van der Waals surface area (Å²) in [6.07, 6.45) is 11.5. The van der Waals surface area contributed by atoms with Crippen LogP contribution in [0.25, 0.3) is 11.0 Å². The zero-order valence-corrected chi connectivity index (χ0v) is 16.6. The van der Waals surface area contributed by atoms with E-state index in [2.05, 4.69) is 40.2 Å². The molecule has 2 atom stereocenters. The summed E-state index contributed by atoms with van der Waals surface area (Å²) in [6, 6.07) is 0.800. The maximum Gasteiger partial charge on any atom is 0.224 e. The van der Waals surface area contributed by atoms with Crippen molar-refractivity contribution in [3.63, 3.8) is 0 Å². The second kappa shape index (κ2) is 8.15. The molecule has 0 amide bonds. The predicted octanol–water partition coefficient (Wildman–Crippen LogP) is 3.58. The van der Waals surface area contributed by atoms with Crippen LogP contribution in [0.1, 0.15) is 76.3 Å². The molecule has 3 heterocycles. The Morgan fingerprint density at radius 3 is 2.81 bits per heavy atom. The molecular weight excluding hydrogens is 338 g/mol. The average Bonchev–Trinajstić information content (AvgIpc) is 3.30. The molecule has 0 spiro atoms. The molecule has 6 nitrogen and oxygen atoms in total. The number of hydrogen-bond acceptors (Lipinski definition) is 5. The summed E-state index contributed by atoms with van der Waals surface area (Å²) in [5.41, 5.74) is 2.44. The van der Waals surface area contributed by atoms with Crippen molar-refractivity contribution in [3.05, 3.63) is 18.0 Å². The summed E-state index contributed by atoms with van der Waals surface area (Å²) in [5.74, 6) is 1.28. The van der Waals surface area contributed by atoms with Gasteiger partial charge in [-0.05, 0) is 63.5 Å². The lowest BCUT2D eigenvalue weighted by atomic mass is 9.93. The van der Waals surface area contributed by atoms with E-state index in [0.29, 0.717) is 18.0 Å². The molecule has 0 bridgehead atoms. The van der Waals surface area contributed by atoms with Crippen molar-refractivity contribution < 1.29 is 5.11 Å². The van der Waals surface area contributed by atoms with E-state index in [1.54, 1.807) is 0 Å². The zero-order valence-electron chi connectivity index (χ0n) is 16.6. The van der Waals surface area contributed by atoms with E-state index < -0.39 is 0 Å². The van der Waals surface area contributed by atoms with Gasteiger partial charge in [0.25, 0.3) is 0 Å². The molecule has 2 aliphatic rings. The van der Waals surface area contributed by atoms with Gasteiger partial charge in [0.15, 0.2) is 0 Å². The van der Waals surface area contributed by atoms with E-state index in [4.69, 9.17) is 4.98 Å². The van der Waals surface area contributed by atoms with E-state index in [1.807, 2.05) is 6.20 Å². The maximum absolute atomic E-state index is 9.91. The number of aliphatic hydroxyl groups excluding tert-OH is 1. The van der Waals surface area contributed by atoms with Crippen LogP contribution in [0.4, 0.5) is 5.95 Å². The molecule has 2 aromatic heterocycles. The van der Waals surface area contributed by atoms with E-state index in [1.165, 1.54) is 17.4 Å². The minimum absolute atomic E-state index is 0.136. The molecule has 3 N–H and O–H groups in total. The normalized spacial score (nSPS) is 27.1. The minimum atomic E-state index is -0.136. The fourth-order valence-electron chi connectivity index (χ4n) is 4.71. The largest absolute Gasteiger partial charge is 0.393 e. The third-order valence-corrected chi connectivity index (χ3v) is 6.26. The topological polar surface area (TPSA) is 75.0 Å². The minimum Gasteiger partial charge on any atom is -0.393 e. The lowest BCUT2D eigenvalue weighted by molar-refractivity contribution is 0.111. The number of nitrogens with zero attached hydrogens (tertiary/aromatic N) is 3. The van der Waals surface area contributed by atoms with Crippen LogP contribution in [0.5, 0.6) is 0 Å². The molecule has 2 unspecified atom stereocenters. The molecule has 0 aromatic carbocycles. The van der Waals surface area contributed by atoms with Crippen molar-refractivity contribution in [3.8, 4) is 0 Å². The molecule has 1 aliphatic heterocycles. The third-order valence-electron chi connectivity index (χ3n) is 6.26. The van der Waals surface area contributed by atoms with Gasteiger partial charge in [-0.15, -0.1) is 0 Å². The summed E-state index contributed by atoms with van der Waals surface area (Å²) in [5, 5.41) is 18.1. The Kier molecular flexibility index (Phi) is 5.64. The lowest BCUT2D eigenvalue weighted by Gasteiger charge is -2.27. The van der Waals surface area contributed by atoms with Gasteiger partial charge >= 0.3 is 0 Å². The van der Waals surface area contributed by atoms with Gasteiger partial charge in [-0.2, -0.15) is 4.98 Å². The molecule has 1 aliphatic carbocycles. The molecular formula is C21H33N5O. The van der Waals surface area contributed by atoms with E-state index in [-0.39, 0.29) is 6.10 Å². The highest BCUT2D eigenvalue weighted by atomic mass is 16.3. The van der Waals surface area contributed by atoms with Crippen LogP contribution in [0.15, 0.2) is 12.4 Å². The van der Waals surface area contributed by atoms with Gasteiger partial charge < -0.3 is 20.3 Å². The van der Waals surface area contributed by atoms with Gasteiger partial charge in [0.05, 0.1) is 6.10 Å². The first-order chi connectivity index (χ1) is 13.2. The van der Waals surface area contributed by atoms with E-state index >= 15 is 0 Å². The Morgan fingerprint density at radius 1 is 1.30 bits per heavy atom. The van der Waals surface area contributed by atoms with Crippen molar-refractivity contribution in [2.24, 2.45) is 0 Å². The zero-order chi connectivity index (χ0) is 18.8. The lowest BCUT2D eigenvalue weighted by Crippen LogP contribution is -2.21. The fraction of sp³-hybridized carbons (Fsp3) is 0.714. The molecule has 1 saturated carbocycles. The summed E-state index contributed by atoms with van der Waals surface area (Å²) in [7, 11) is 0. The number of rotatable bonds is 6. The Morgan fingerprint density at radius 2 is 2.11 bits per heavy atom. The Balaban J connectivity index is 1.69. The molecule has 148 valence electrons. The average molecular weight is 372 g/mol. The number of nitrogens with one attached hydrogen (secondary N) is 2. The molecule has 2 aromatic rings. The van der Waals surface area contributed by atoms with Crippen LogP contribution >= 0.6 is 0 Å². The van der Waals surface area contributed by atoms with Crippen LogP contribution in [0.3, 0.4) is 0 Å². The van der Waals surface area contributed by atoms with E-state index in [0.717, 1.165) is 63.2 Å². The Hall–Kier alpha value is -1.66. The van der Waals surface area contributed by atoms with Gasteiger partial charge in [0, 0.05) is 36.4 Å². The van der Waals surface area contributed by atoms with E-state index in [9.17, 15) is 5.11 Å². The smallest absolute Gasteiger partial charge is 0.224 e. The van der Waals surface area contributed by atoms with Crippen molar-refractivity contribution in [2.45, 2.75) is 82.9 Å². The first-order valence-corrected chi connectivity index (χ1v) is 10.7. The SMILES string of the molecule is CCCC(C)Nc1ncc2c(C3CCNC3)cn(C3CCC(O)CC3)c2n1. The van der Waals surface area contributed by atoms with Gasteiger partial charge in [-0.25, -0.2) is 4.98 Å². The highest BCUT2D eigenvalue weighted by Gasteiger charge is 2.27.